The summed E-state index contributed by atoms with van der Waals surface area (Å²) in [6.45, 7) is 9.56. The first-order chi connectivity index (χ1) is 8.49. The van der Waals surface area contributed by atoms with Crippen molar-refractivity contribution in [3.63, 3.8) is 0 Å². The molecule has 18 heavy (non-hydrogen) atoms. The molecule has 1 aromatic carbocycles. The smallest absolute Gasteiger partial charge is 0.0222 e. The number of hydrogen-bond donors (Lipinski definition) is 0. The van der Waals surface area contributed by atoms with Gasteiger partial charge in [-0.2, -0.15) is 0 Å². The van der Waals surface area contributed by atoms with Crippen LogP contribution < -0.4 is 0 Å². The maximum Gasteiger partial charge on any atom is -0.0222 e. The summed E-state index contributed by atoms with van der Waals surface area (Å²) in [6.07, 6.45) is 6.88. The Hall–Kier alpha value is -0.780. The molecule has 0 nitrogen and oxygen atoms in total. The van der Waals surface area contributed by atoms with Crippen LogP contribution in [0.1, 0.15) is 57.6 Å². The van der Waals surface area contributed by atoms with Crippen LogP contribution >= 0.6 is 0 Å². The average molecular weight is 244 g/mol. The van der Waals surface area contributed by atoms with Crippen LogP contribution in [0.5, 0.6) is 0 Å². The van der Waals surface area contributed by atoms with Crippen LogP contribution in [0.25, 0.3) is 0 Å². The molecule has 0 heterocycles. The monoisotopic (exact) mass is 244 g/mol. The summed E-state index contributed by atoms with van der Waals surface area (Å²) in [6, 6.07) is 9.15. The van der Waals surface area contributed by atoms with Gasteiger partial charge >= 0.3 is 0 Å². The summed E-state index contributed by atoms with van der Waals surface area (Å²) >= 11 is 0. The Morgan fingerprint density at radius 1 is 1.06 bits per heavy atom. The van der Waals surface area contributed by atoms with Gasteiger partial charge in [-0.25, -0.2) is 0 Å². The van der Waals surface area contributed by atoms with E-state index in [2.05, 4.69) is 52.0 Å². The second-order valence-electron chi connectivity index (χ2n) is 6.94. The van der Waals surface area contributed by atoms with Gasteiger partial charge < -0.3 is 0 Å². The SMILES string of the molecule is Cc1ccc(CC2(C)CCC(C)CCC2C)cc1. The van der Waals surface area contributed by atoms with Crippen LogP contribution in [0.15, 0.2) is 24.3 Å². The quantitative estimate of drug-likeness (QED) is 0.612. The van der Waals surface area contributed by atoms with Crippen LogP contribution in [0.2, 0.25) is 0 Å². The molecule has 0 saturated heterocycles. The van der Waals surface area contributed by atoms with Gasteiger partial charge in [0.05, 0.1) is 0 Å². The van der Waals surface area contributed by atoms with Crippen LogP contribution in [-0.4, -0.2) is 0 Å². The highest BCUT2D eigenvalue weighted by Gasteiger charge is 2.33. The van der Waals surface area contributed by atoms with E-state index in [9.17, 15) is 0 Å². The Labute approximate surface area is 113 Å². The Balaban J connectivity index is 2.11. The van der Waals surface area contributed by atoms with Gasteiger partial charge in [0.2, 0.25) is 0 Å². The van der Waals surface area contributed by atoms with Crippen molar-refractivity contribution in [3.05, 3.63) is 35.4 Å². The second-order valence-corrected chi connectivity index (χ2v) is 6.94. The Morgan fingerprint density at radius 2 is 1.72 bits per heavy atom. The van der Waals surface area contributed by atoms with Gasteiger partial charge in [0, 0.05) is 0 Å². The molecule has 1 aliphatic rings. The molecule has 0 radical (unpaired) electrons. The molecule has 1 aromatic rings. The first-order valence-corrected chi connectivity index (χ1v) is 7.55. The van der Waals surface area contributed by atoms with Gasteiger partial charge in [-0.3, -0.25) is 0 Å². The maximum atomic E-state index is 2.51. The van der Waals surface area contributed by atoms with E-state index in [1.54, 1.807) is 0 Å². The average Bonchev–Trinajstić information content (AvgIpc) is 2.47. The Morgan fingerprint density at radius 3 is 2.39 bits per heavy atom. The fraction of sp³-hybridized carbons (Fsp3) is 0.667. The largest absolute Gasteiger partial charge is 0.0625 e. The predicted octanol–water partition coefficient (Wildman–Crippen LogP) is 5.39. The summed E-state index contributed by atoms with van der Waals surface area (Å²) in [4.78, 5) is 0. The standard InChI is InChI=1S/C18H28/c1-14-6-9-17(10-7-14)13-18(4)12-11-15(2)5-8-16(18)3/h6-7,9-10,15-16H,5,8,11-13H2,1-4H3. The minimum atomic E-state index is 0.500. The number of benzene rings is 1. The number of hydrogen-bond acceptors (Lipinski definition) is 0. The third-order valence-corrected chi connectivity index (χ3v) is 5.22. The molecule has 0 N–H and O–H groups in total. The highest BCUT2D eigenvalue weighted by molar-refractivity contribution is 5.22. The lowest BCUT2D eigenvalue weighted by Gasteiger charge is -2.34. The lowest BCUT2D eigenvalue weighted by Crippen LogP contribution is -2.27. The third-order valence-electron chi connectivity index (χ3n) is 5.22. The second kappa shape index (κ2) is 5.47. The lowest BCUT2D eigenvalue weighted by molar-refractivity contribution is 0.184. The van der Waals surface area contributed by atoms with Gasteiger partial charge in [-0.15, -0.1) is 0 Å². The Kier molecular flexibility index (Phi) is 4.14. The Bertz CT molecular complexity index is 376. The van der Waals surface area contributed by atoms with E-state index in [0.29, 0.717) is 5.41 Å². The molecule has 0 amide bonds. The fourth-order valence-electron chi connectivity index (χ4n) is 3.28. The first kappa shape index (κ1) is 13.6. The maximum absolute atomic E-state index is 2.51. The molecule has 3 unspecified atom stereocenters. The van der Waals surface area contributed by atoms with Crippen molar-refractivity contribution >= 4 is 0 Å². The summed E-state index contributed by atoms with van der Waals surface area (Å²) in [5, 5.41) is 0. The predicted molar refractivity (Wildman–Crippen MR) is 79.8 cm³/mol. The third kappa shape index (κ3) is 3.16. The molecular weight excluding hydrogens is 216 g/mol. The molecule has 2 rings (SSSR count). The molecule has 1 fully saturated rings. The van der Waals surface area contributed by atoms with Crippen LogP contribution in [-0.2, 0) is 6.42 Å². The van der Waals surface area contributed by atoms with Crippen molar-refractivity contribution in [1.29, 1.82) is 0 Å². The van der Waals surface area contributed by atoms with Gasteiger partial charge in [-0.05, 0) is 49.0 Å². The molecule has 3 atom stereocenters. The van der Waals surface area contributed by atoms with Gasteiger partial charge in [0.1, 0.15) is 0 Å². The lowest BCUT2D eigenvalue weighted by atomic mass is 9.70. The zero-order valence-corrected chi connectivity index (χ0v) is 12.5. The minimum Gasteiger partial charge on any atom is -0.0625 e. The number of aryl methyl sites for hydroxylation is 1. The van der Waals surface area contributed by atoms with E-state index >= 15 is 0 Å². The van der Waals surface area contributed by atoms with E-state index in [0.717, 1.165) is 11.8 Å². The zero-order valence-electron chi connectivity index (χ0n) is 12.5. The minimum absolute atomic E-state index is 0.500. The van der Waals surface area contributed by atoms with Crippen LogP contribution in [0, 0.1) is 24.2 Å². The normalized spacial score (nSPS) is 33.1. The summed E-state index contributed by atoms with van der Waals surface area (Å²) in [7, 11) is 0. The van der Waals surface area contributed by atoms with E-state index < -0.39 is 0 Å². The molecule has 0 bridgehead atoms. The van der Waals surface area contributed by atoms with Gasteiger partial charge in [0.15, 0.2) is 0 Å². The van der Waals surface area contributed by atoms with Crippen molar-refractivity contribution in [2.24, 2.45) is 17.3 Å². The first-order valence-electron chi connectivity index (χ1n) is 7.55. The zero-order chi connectivity index (χ0) is 13.2. The van der Waals surface area contributed by atoms with E-state index in [4.69, 9.17) is 0 Å². The number of rotatable bonds is 2. The van der Waals surface area contributed by atoms with E-state index in [1.165, 1.54) is 43.2 Å². The summed E-state index contributed by atoms with van der Waals surface area (Å²) in [5.74, 6) is 1.77. The van der Waals surface area contributed by atoms with Gasteiger partial charge in [-0.1, -0.05) is 63.4 Å². The van der Waals surface area contributed by atoms with Crippen molar-refractivity contribution < 1.29 is 0 Å². The molecule has 0 aromatic heterocycles. The van der Waals surface area contributed by atoms with E-state index in [-0.39, 0.29) is 0 Å². The summed E-state index contributed by atoms with van der Waals surface area (Å²) < 4.78 is 0. The van der Waals surface area contributed by atoms with Crippen LogP contribution in [0.4, 0.5) is 0 Å². The van der Waals surface area contributed by atoms with Crippen molar-refractivity contribution in [1.82, 2.24) is 0 Å². The molecule has 1 aliphatic carbocycles. The van der Waals surface area contributed by atoms with Crippen molar-refractivity contribution in [2.45, 2.75) is 59.8 Å². The highest BCUT2D eigenvalue weighted by atomic mass is 14.4. The summed E-state index contributed by atoms with van der Waals surface area (Å²) in [5.41, 5.74) is 3.39. The van der Waals surface area contributed by atoms with Gasteiger partial charge in [0.25, 0.3) is 0 Å². The molecule has 0 spiro atoms. The van der Waals surface area contributed by atoms with Crippen LogP contribution in [0.3, 0.4) is 0 Å². The molecule has 0 aliphatic heterocycles. The highest BCUT2D eigenvalue weighted by Crippen LogP contribution is 2.43. The topological polar surface area (TPSA) is 0 Å². The van der Waals surface area contributed by atoms with Crippen molar-refractivity contribution in [3.8, 4) is 0 Å². The van der Waals surface area contributed by atoms with E-state index in [1.807, 2.05) is 0 Å². The molecule has 0 heteroatoms. The molecular formula is C18H28. The fourth-order valence-corrected chi connectivity index (χ4v) is 3.28. The molecule has 100 valence electrons. The molecule has 1 saturated carbocycles. The van der Waals surface area contributed by atoms with Crippen molar-refractivity contribution in [2.75, 3.05) is 0 Å².